The molecule has 0 fully saturated rings. The van der Waals surface area contributed by atoms with Crippen LogP contribution in [0.25, 0.3) is 11.3 Å². The molecule has 82 valence electrons. The molecule has 0 aliphatic heterocycles. The van der Waals surface area contributed by atoms with E-state index in [-0.39, 0.29) is 5.82 Å². The molecule has 0 aliphatic carbocycles. The summed E-state index contributed by atoms with van der Waals surface area (Å²) >= 11 is 3.14. The largest absolute Gasteiger partial charge is 0.383 e. The molecule has 16 heavy (non-hydrogen) atoms. The number of anilines is 1. The van der Waals surface area contributed by atoms with E-state index in [1.807, 2.05) is 0 Å². The maximum absolute atomic E-state index is 13.9. The highest BCUT2D eigenvalue weighted by molar-refractivity contribution is 9.10. The van der Waals surface area contributed by atoms with Crippen LogP contribution in [0.15, 0.2) is 29.0 Å². The minimum absolute atomic E-state index is 0.344. The van der Waals surface area contributed by atoms with Gasteiger partial charge in [0.05, 0.1) is 10.2 Å². The lowest BCUT2D eigenvalue weighted by Crippen LogP contribution is -1.99. The topological polar surface area (TPSA) is 51.8 Å². The van der Waals surface area contributed by atoms with Crippen molar-refractivity contribution in [1.29, 1.82) is 0 Å². The fourth-order valence-electron chi connectivity index (χ4n) is 1.42. The van der Waals surface area contributed by atoms with Crippen LogP contribution in [0, 0.1) is 12.7 Å². The van der Waals surface area contributed by atoms with Crippen molar-refractivity contribution in [3.05, 3.63) is 40.4 Å². The second kappa shape index (κ2) is 4.17. The molecule has 0 aliphatic rings. The Bertz CT molecular complexity index is 493. The number of nitrogen functional groups attached to an aromatic ring is 1. The van der Waals surface area contributed by atoms with E-state index in [1.165, 1.54) is 6.33 Å². The van der Waals surface area contributed by atoms with Gasteiger partial charge in [-0.05, 0) is 35.0 Å². The second-order valence-corrected chi connectivity index (χ2v) is 4.19. The number of nitrogens with two attached hydrogens (primary N) is 1. The summed E-state index contributed by atoms with van der Waals surface area (Å²) in [5.74, 6) is 0.0214. The third-order valence-electron chi connectivity index (χ3n) is 2.33. The lowest BCUT2D eigenvalue weighted by atomic mass is 10.1. The molecule has 0 bridgehead atoms. The van der Waals surface area contributed by atoms with Crippen molar-refractivity contribution in [2.75, 3.05) is 5.73 Å². The van der Waals surface area contributed by atoms with Crippen molar-refractivity contribution >= 4 is 21.7 Å². The summed E-state index contributed by atoms with van der Waals surface area (Å²) in [5.41, 5.74) is 7.28. The molecule has 2 N–H and O–H groups in total. The molecular formula is C11H9BrFN3. The molecule has 5 heteroatoms. The van der Waals surface area contributed by atoms with Gasteiger partial charge in [-0.3, -0.25) is 0 Å². The summed E-state index contributed by atoms with van der Waals surface area (Å²) in [5, 5.41) is 0. The SMILES string of the molecule is Cc1c(N)ncnc1-c1cccc(Br)c1F. The van der Waals surface area contributed by atoms with Crippen molar-refractivity contribution in [2.45, 2.75) is 6.92 Å². The van der Waals surface area contributed by atoms with E-state index >= 15 is 0 Å². The lowest BCUT2D eigenvalue weighted by Gasteiger charge is -2.08. The maximum atomic E-state index is 13.9. The zero-order valence-electron chi connectivity index (χ0n) is 8.54. The number of benzene rings is 1. The molecule has 0 unspecified atom stereocenters. The van der Waals surface area contributed by atoms with Crippen LogP contribution < -0.4 is 5.73 Å². The normalized spacial score (nSPS) is 10.4. The third-order valence-corrected chi connectivity index (χ3v) is 2.94. The Morgan fingerprint density at radius 3 is 2.81 bits per heavy atom. The second-order valence-electron chi connectivity index (χ2n) is 3.33. The molecule has 0 atom stereocenters. The summed E-state index contributed by atoms with van der Waals surface area (Å²) in [6.45, 7) is 1.77. The van der Waals surface area contributed by atoms with Gasteiger partial charge in [-0.1, -0.05) is 6.07 Å². The van der Waals surface area contributed by atoms with Crippen LogP contribution in [0.2, 0.25) is 0 Å². The lowest BCUT2D eigenvalue weighted by molar-refractivity contribution is 0.624. The van der Waals surface area contributed by atoms with Crippen molar-refractivity contribution in [1.82, 2.24) is 9.97 Å². The first-order valence-electron chi connectivity index (χ1n) is 4.62. The maximum Gasteiger partial charge on any atom is 0.146 e. The summed E-state index contributed by atoms with van der Waals surface area (Å²) in [6.07, 6.45) is 1.33. The fourth-order valence-corrected chi connectivity index (χ4v) is 1.79. The molecule has 1 heterocycles. The van der Waals surface area contributed by atoms with Gasteiger partial charge < -0.3 is 5.73 Å². The van der Waals surface area contributed by atoms with Crippen LogP contribution in [0.1, 0.15) is 5.56 Å². The van der Waals surface area contributed by atoms with Crippen LogP contribution in [0.3, 0.4) is 0 Å². The minimum atomic E-state index is -0.344. The quantitative estimate of drug-likeness (QED) is 0.874. The van der Waals surface area contributed by atoms with Crippen LogP contribution in [-0.4, -0.2) is 9.97 Å². The molecule has 0 saturated heterocycles. The fraction of sp³-hybridized carbons (Fsp3) is 0.0909. The molecule has 2 rings (SSSR count). The van der Waals surface area contributed by atoms with E-state index in [2.05, 4.69) is 25.9 Å². The van der Waals surface area contributed by atoms with Crippen LogP contribution in [-0.2, 0) is 0 Å². The van der Waals surface area contributed by atoms with Gasteiger partial charge in [-0.25, -0.2) is 14.4 Å². The van der Waals surface area contributed by atoms with Crippen LogP contribution in [0.5, 0.6) is 0 Å². The van der Waals surface area contributed by atoms with E-state index in [9.17, 15) is 4.39 Å². The Balaban J connectivity index is 2.68. The monoisotopic (exact) mass is 281 g/mol. The predicted molar refractivity (Wildman–Crippen MR) is 64.3 cm³/mol. The van der Waals surface area contributed by atoms with E-state index in [0.717, 1.165) is 0 Å². The van der Waals surface area contributed by atoms with E-state index in [1.54, 1.807) is 25.1 Å². The number of nitrogens with zero attached hydrogens (tertiary/aromatic N) is 2. The Morgan fingerprint density at radius 1 is 1.31 bits per heavy atom. The molecule has 1 aromatic heterocycles. The van der Waals surface area contributed by atoms with E-state index in [4.69, 9.17) is 5.73 Å². The van der Waals surface area contributed by atoms with Crippen LogP contribution >= 0.6 is 15.9 Å². The van der Waals surface area contributed by atoms with Gasteiger partial charge in [-0.2, -0.15) is 0 Å². The van der Waals surface area contributed by atoms with Crippen molar-refractivity contribution in [3.63, 3.8) is 0 Å². The van der Waals surface area contributed by atoms with Crippen molar-refractivity contribution < 1.29 is 4.39 Å². The van der Waals surface area contributed by atoms with Gasteiger partial charge in [0.25, 0.3) is 0 Å². The van der Waals surface area contributed by atoms with Gasteiger partial charge in [-0.15, -0.1) is 0 Å². The molecule has 0 amide bonds. The van der Waals surface area contributed by atoms with Crippen molar-refractivity contribution in [2.24, 2.45) is 0 Å². The first-order valence-corrected chi connectivity index (χ1v) is 5.42. The summed E-state index contributed by atoms with van der Waals surface area (Å²) in [4.78, 5) is 7.91. The van der Waals surface area contributed by atoms with Gasteiger partial charge in [0.15, 0.2) is 0 Å². The highest BCUT2D eigenvalue weighted by atomic mass is 79.9. The molecule has 0 spiro atoms. The van der Waals surface area contributed by atoms with Gasteiger partial charge in [0, 0.05) is 11.1 Å². The highest BCUT2D eigenvalue weighted by Gasteiger charge is 2.13. The number of aromatic nitrogens is 2. The summed E-state index contributed by atoms with van der Waals surface area (Å²) in [7, 11) is 0. The highest BCUT2D eigenvalue weighted by Crippen LogP contribution is 2.29. The van der Waals surface area contributed by atoms with E-state index < -0.39 is 0 Å². The average Bonchev–Trinajstić information content (AvgIpc) is 2.27. The Morgan fingerprint density at radius 2 is 2.06 bits per heavy atom. The molecule has 0 saturated carbocycles. The zero-order chi connectivity index (χ0) is 11.7. The standard InChI is InChI=1S/C11H9BrFN3/c1-6-10(15-5-16-11(6)14)7-3-2-4-8(12)9(7)13/h2-5H,1H3,(H2,14,15,16). The number of hydrogen-bond donors (Lipinski definition) is 1. The molecule has 0 radical (unpaired) electrons. The third kappa shape index (κ3) is 1.78. The Hall–Kier alpha value is -1.49. The number of halogens is 2. The predicted octanol–water partition coefficient (Wildman–Crippen LogP) is 2.94. The number of hydrogen-bond acceptors (Lipinski definition) is 3. The van der Waals surface area contributed by atoms with Crippen LogP contribution in [0.4, 0.5) is 10.2 Å². The summed E-state index contributed by atoms with van der Waals surface area (Å²) in [6, 6.07) is 5.05. The Kier molecular flexibility index (Phi) is 2.87. The van der Waals surface area contributed by atoms with Crippen molar-refractivity contribution in [3.8, 4) is 11.3 Å². The zero-order valence-corrected chi connectivity index (χ0v) is 10.1. The smallest absolute Gasteiger partial charge is 0.146 e. The first kappa shape index (κ1) is 11.0. The van der Waals surface area contributed by atoms with E-state index in [0.29, 0.717) is 27.1 Å². The Labute approximate surface area is 101 Å². The molecular weight excluding hydrogens is 273 g/mol. The minimum Gasteiger partial charge on any atom is -0.383 e. The van der Waals surface area contributed by atoms with Gasteiger partial charge in [0.2, 0.25) is 0 Å². The molecule has 3 nitrogen and oxygen atoms in total. The molecule has 1 aromatic carbocycles. The summed E-state index contributed by atoms with van der Waals surface area (Å²) < 4.78 is 14.3. The average molecular weight is 282 g/mol. The first-order chi connectivity index (χ1) is 7.61. The molecule has 2 aromatic rings. The number of rotatable bonds is 1. The van der Waals surface area contributed by atoms with Gasteiger partial charge >= 0.3 is 0 Å². The van der Waals surface area contributed by atoms with Gasteiger partial charge in [0.1, 0.15) is 18.0 Å².